The lowest BCUT2D eigenvalue weighted by Crippen LogP contribution is -2.44. The lowest BCUT2D eigenvalue weighted by molar-refractivity contribution is 0.0507. The van der Waals surface area contributed by atoms with Crippen LogP contribution in [0.5, 0.6) is 0 Å². The van der Waals surface area contributed by atoms with Gasteiger partial charge in [-0.05, 0) is 45.6 Å². The molecule has 0 radical (unpaired) electrons. The van der Waals surface area contributed by atoms with Crippen LogP contribution in [0.3, 0.4) is 0 Å². The van der Waals surface area contributed by atoms with E-state index in [1.165, 1.54) is 5.56 Å². The number of ether oxygens (including phenoxy) is 1. The Morgan fingerprint density at radius 3 is 2.78 bits per heavy atom. The summed E-state index contributed by atoms with van der Waals surface area (Å²) in [4.78, 5) is 23.1. The van der Waals surface area contributed by atoms with E-state index >= 15 is 0 Å². The molecule has 0 bridgehead atoms. The van der Waals surface area contributed by atoms with Gasteiger partial charge in [-0.2, -0.15) is 0 Å². The van der Waals surface area contributed by atoms with Gasteiger partial charge in [0.25, 0.3) is 0 Å². The molecule has 1 amide bonds. The van der Waals surface area contributed by atoms with Crippen molar-refractivity contribution in [2.75, 3.05) is 20.1 Å². The lowest BCUT2D eigenvalue weighted by atomic mass is 10.1. The topological polar surface area (TPSA) is 83.8 Å². The van der Waals surface area contributed by atoms with Gasteiger partial charge in [0.05, 0.1) is 12.6 Å². The number of imidazole rings is 1. The Morgan fingerprint density at radius 1 is 1.28 bits per heavy atom. The third-order valence-corrected chi connectivity index (χ3v) is 5.33. The Hall–Kier alpha value is -3.03. The summed E-state index contributed by atoms with van der Waals surface area (Å²) in [6.45, 7) is 8.65. The molecule has 2 N–H and O–H groups in total. The molecule has 174 valence electrons. The Labute approximate surface area is 191 Å². The summed E-state index contributed by atoms with van der Waals surface area (Å²) < 4.78 is 7.56. The van der Waals surface area contributed by atoms with Gasteiger partial charge in [0.15, 0.2) is 5.96 Å². The van der Waals surface area contributed by atoms with Crippen LogP contribution in [0.4, 0.5) is 4.79 Å². The zero-order chi connectivity index (χ0) is 23.0. The van der Waals surface area contributed by atoms with Crippen LogP contribution in [0.1, 0.15) is 45.0 Å². The lowest BCUT2D eigenvalue weighted by Gasteiger charge is -2.23. The van der Waals surface area contributed by atoms with Gasteiger partial charge in [-0.15, -0.1) is 0 Å². The highest BCUT2D eigenvalue weighted by Crippen LogP contribution is 2.12. The van der Waals surface area contributed by atoms with E-state index in [0.29, 0.717) is 13.1 Å². The maximum absolute atomic E-state index is 12.0. The van der Waals surface area contributed by atoms with Crippen molar-refractivity contribution in [2.24, 2.45) is 4.99 Å². The molecule has 1 atom stereocenters. The number of guanidine groups is 1. The zero-order valence-corrected chi connectivity index (χ0v) is 19.7. The first-order chi connectivity index (χ1) is 15.3. The van der Waals surface area contributed by atoms with Crippen molar-refractivity contribution in [3.63, 3.8) is 0 Å². The first-order valence-electron chi connectivity index (χ1n) is 11.3. The molecule has 1 aromatic heterocycles. The maximum atomic E-state index is 12.0. The van der Waals surface area contributed by atoms with Crippen molar-refractivity contribution in [2.45, 2.75) is 64.8 Å². The number of benzene rings is 1. The van der Waals surface area contributed by atoms with Crippen LogP contribution in [0.25, 0.3) is 0 Å². The van der Waals surface area contributed by atoms with Gasteiger partial charge in [0, 0.05) is 39.1 Å². The number of rotatable bonds is 7. The highest BCUT2D eigenvalue weighted by Gasteiger charge is 2.27. The molecule has 8 heteroatoms. The first-order valence-corrected chi connectivity index (χ1v) is 11.3. The minimum atomic E-state index is -0.497. The number of aromatic nitrogens is 2. The third-order valence-electron chi connectivity index (χ3n) is 5.33. The highest BCUT2D eigenvalue weighted by atomic mass is 16.6. The maximum Gasteiger partial charge on any atom is 0.407 e. The highest BCUT2D eigenvalue weighted by molar-refractivity contribution is 5.80. The van der Waals surface area contributed by atoms with Crippen LogP contribution in [-0.4, -0.2) is 58.3 Å². The molecule has 0 spiro atoms. The van der Waals surface area contributed by atoms with Crippen LogP contribution in [0.15, 0.2) is 47.7 Å². The molecule has 1 aliphatic rings. The quantitative estimate of drug-likeness (QED) is 0.510. The number of aliphatic imine (C=N–C) groups is 1. The minimum Gasteiger partial charge on any atom is -0.444 e. The SMILES string of the molecule is CN=C(NCc1nccn1CCCc1ccccc1)N1CC[C@@H](NC(=O)OC(C)(C)C)C1. The van der Waals surface area contributed by atoms with Gasteiger partial charge in [-0.1, -0.05) is 30.3 Å². The smallest absolute Gasteiger partial charge is 0.407 e. The Balaban J connectivity index is 1.45. The summed E-state index contributed by atoms with van der Waals surface area (Å²) in [5.74, 6) is 1.80. The second-order valence-corrected chi connectivity index (χ2v) is 9.10. The average Bonchev–Trinajstić information content (AvgIpc) is 3.38. The van der Waals surface area contributed by atoms with Gasteiger partial charge in [0.1, 0.15) is 11.4 Å². The number of aryl methyl sites for hydroxylation is 2. The molecule has 1 saturated heterocycles. The van der Waals surface area contributed by atoms with E-state index in [4.69, 9.17) is 4.74 Å². The molecule has 32 heavy (non-hydrogen) atoms. The van der Waals surface area contributed by atoms with Crippen LogP contribution in [0.2, 0.25) is 0 Å². The number of hydrogen-bond donors (Lipinski definition) is 2. The van der Waals surface area contributed by atoms with Crippen LogP contribution >= 0.6 is 0 Å². The van der Waals surface area contributed by atoms with E-state index in [9.17, 15) is 4.79 Å². The van der Waals surface area contributed by atoms with Gasteiger partial charge < -0.3 is 24.8 Å². The van der Waals surface area contributed by atoms with Gasteiger partial charge in [-0.3, -0.25) is 4.99 Å². The Bertz CT molecular complexity index is 887. The van der Waals surface area contributed by atoms with Crippen molar-refractivity contribution in [1.82, 2.24) is 25.1 Å². The molecule has 2 aromatic rings. The van der Waals surface area contributed by atoms with E-state index < -0.39 is 5.60 Å². The average molecular weight is 441 g/mol. The van der Waals surface area contributed by atoms with Crippen molar-refractivity contribution < 1.29 is 9.53 Å². The molecule has 1 aromatic carbocycles. The van der Waals surface area contributed by atoms with Crippen molar-refractivity contribution in [3.05, 3.63) is 54.1 Å². The molecule has 0 aliphatic carbocycles. The molecule has 3 rings (SSSR count). The summed E-state index contributed by atoms with van der Waals surface area (Å²) in [6.07, 6.45) is 6.47. The molecular formula is C24H36N6O2. The predicted molar refractivity (Wildman–Crippen MR) is 127 cm³/mol. The summed E-state index contributed by atoms with van der Waals surface area (Å²) in [5.41, 5.74) is 0.861. The monoisotopic (exact) mass is 440 g/mol. The fraction of sp³-hybridized carbons (Fsp3) is 0.542. The number of nitrogens with one attached hydrogen (secondary N) is 2. The zero-order valence-electron chi connectivity index (χ0n) is 19.7. The number of nitrogens with zero attached hydrogens (tertiary/aromatic N) is 4. The van der Waals surface area contributed by atoms with Gasteiger partial charge in [0.2, 0.25) is 0 Å². The van der Waals surface area contributed by atoms with Crippen LogP contribution in [-0.2, 0) is 24.2 Å². The fourth-order valence-corrected chi connectivity index (χ4v) is 3.84. The molecule has 8 nitrogen and oxygen atoms in total. The summed E-state index contributed by atoms with van der Waals surface area (Å²) in [7, 11) is 1.78. The Kier molecular flexibility index (Phi) is 8.14. The first kappa shape index (κ1) is 23.6. The standard InChI is InChI=1S/C24H36N6O2/c1-24(2,3)32-23(31)28-20-12-15-30(18-20)22(25-4)27-17-21-26-13-16-29(21)14-8-11-19-9-6-5-7-10-19/h5-7,9-10,13,16,20H,8,11-12,14-15,17-18H2,1-4H3,(H,25,27)(H,28,31)/t20-/m1/s1. The normalized spacial score (nSPS) is 16.8. The number of carbonyl (C=O) groups is 1. The van der Waals surface area contributed by atoms with Crippen molar-refractivity contribution >= 4 is 12.1 Å². The van der Waals surface area contributed by atoms with E-state index in [1.54, 1.807) is 7.05 Å². The predicted octanol–water partition coefficient (Wildman–Crippen LogP) is 3.19. The second-order valence-electron chi connectivity index (χ2n) is 9.10. The van der Waals surface area contributed by atoms with Crippen molar-refractivity contribution in [3.8, 4) is 0 Å². The molecular weight excluding hydrogens is 404 g/mol. The van der Waals surface area contributed by atoms with E-state index in [0.717, 1.165) is 44.1 Å². The number of likely N-dealkylation sites (tertiary alicyclic amines) is 1. The molecule has 0 saturated carbocycles. The van der Waals surface area contributed by atoms with Gasteiger partial charge >= 0.3 is 6.09 Å². The van der Waals surface area contributed by atoms with E-state index in [1.807, 2.05) is 39.2 Å². The van der Waals surface area contributed by atoms with E-state index in [2.05, 4.69) is 54.3 Å². The van der Waals surface area contributed by atoms with Crippen molar-refractivity contribution in [1.29, 1.82) is 0 Å². The fourth-order valence-electron chi connectivity index (χ4n) is 3.84. The third kappa shape index (κ3) is 7.28. The number of carbonyl (C=O) groups excluding carboxylic acids is 1. The summed E-state index contributed by atoms with van der Waals surface area (Å²) >= 11 is 0. The van der Waals surface area contributed by atoms with Crippen LogP contribution < -0.4 is 10.6 Å². The summed E-state index contributed by atoms with van der Waals surface area (Å²) in [5, 5.41) is 6.38. The molecule has 1 fully saturated rings. The summed E-state index contributed by atoms with van der Waals surface area (Å²) in [6, 6.07) is 10.6. The number of hydrogen-bond acceptors (Lipinski definition) is 4. The largest absolute Gasteiger partial charge is 0.444 e. The second kappa shape index (κ2) is 11.0. The number of alkyl carbamates (subject to hydrolysis) is 1. The molecule has 1 aliphatic heterocycles. The van der Waals surface area contributed by atoms with Gasteiger partial charge in [-0.25, -0.2) is 9.78 Å². The molecule has 0 unspecified atom stereocenters. The minimum absolute atomic E-state index is 0.0448. The molecule has 2 heterocycles. The van der Waals surface area contributed by atoms with Crippen LogP contribution in [0, 0.1) is 0 Å². The number of amides is 1. The van der Waals surface area contributed by atoms with E-state index in [-0.39, 0.29) is 12.1 Å². The Morgan fingerprint density at radius 2 is 2.06 bits per heavy atom.